The quantitative estimate of drug-likeness (QED) is 0.0911. The molecule has 16 nitrogen and oxygen atoms in total. The van der Waals surface area contributed by atoms with Crippen LogP contribution < -0.4 is 27.4 Å². The van der Waals surface area contributed by atoms with Crippen molar-refractivity contribution in [3.8, 4) is 5.75 Å². The first kappa shape index (κ1) is 36.6. The number of benzene rings is 2. The summed E-state index contributed by atoms with van der Waals surface area (Å²) in [6.07, 6.45) is 2.36. The minimum Gasteiger partial charge on any atom is -0.508 e. The predicted octanol–water partition coefficient (Wildman–Crippen LogP) is -1.26. The van der Waals surface area contributed by atoms with Gasteiger partial charge in [0.15, 0.2) is 0 Å². The zero-order valence-corrected chi connectivity index (χ0v) is 26.6. The van der Waals surface area contributed by atoms with E-state index in [0.29, 0.717) is 24.0 Å². The summed E-state index contributed by atoms with van der Waals surface area (Å²) in [7, 11) is -1.30. The molecule has 17 heteroatoms. The zero-order valence-electron chi connectivity index (χ0n) is 25.8. The van der Waals surface area contributed by atoms with E-state index in [1.807, 2.05) is 0 Å². The normalized spacial score (nSPS) is 16.7. The largest absolute Gasteiger partial charge is 0.508 e. The van der Waals surface area contributed by atoms with Crippen molar-refractivity contribution < 1.29 is 38.2 Å². The molecule has 254 valence electrons. The van der Waals surface area contributed by atoms with Crippen molar-refractivity contribution in [3.05, 3.63) is 69.8 Å². The fourth-order valence-corrected chi connectivity index (χ4v) is 5.63. The van der Waals surface area contributed by atoms with E-state index in [2.05, 4.69) is 16.0 Å². The first-order valence-electron chi connectivity index (χ1n) is 14.8. The molecule has 1 aliphatic heterocycles. The average Bonchev–Trinajstić information content (AvgIpc) is 3.53. The molecule has 1 heterocycles. The van der Waals surface area contributed by atoms with E-state index in [4.69, 9.17) is 11.5 Å². The standard InChI is InChI=1S/C30H39N7O9S/c1-47(46)14-12-23(35-28(41)22(31)15-18-6-10-21(38)11-7-18)29(42)33-17-26(39)34-24(16-19-4-8-20(9-5-19)37(44)45)30(43)36-13-2-3-25(36)27(32)40/h4-11,22-25,38H,2-3,12-17,31H2,1H3,(H2,32,40)(H,33,42)(H,34,39)(H,35,41). The lowest BCUT2D eigenvalue weighted by Gasteiger charge is -2.28. The van der Waals surface area contributed by atoms with Crippen molar-refractivity contribution >= 4 is 46.0 Å². The SMILES string of the molecule is CS(=O)CCC(NC(=O)C(N)Cc1ccc(O)cc1)C(=O)NCC(=O)NC(Cc1ccc([N+](=O)[O-])cc1)C(=O)N1CCCC1C(N)=O. The summed E-state index contributed by atoms with van der Waals surface area (Å²) in [5, 5.41) is 28.0. The molecule has 0 bridgehead atoms. The number of carbonyl (C=O) groups is 5. The number of amides is 5. The van der Waals surface area contributed by atoms with Gasteiger partial charge in [0.25, 0.3) is 5.69 Å². The minimum atomic E-state index is -1.30. The van der Waals surface area contributed by atoms with Gasteiger partial charge in [-0.1, -0.05) is 24.3 Å². The number of hydrogen-bond acceptors (Lipinski definition) is 10. The average molecular weight is 674 g/mol. The summed E-state index contributed by atoms with van der Waals surface area (Å²) < 4.78 is 11.7. The summed E-state index contributed by atoms with van der Waals surface area (Å²) in [6, 6.07) is 7.22. The molecule has 1 saturated heterocycles. The Morgan fingerprint density at radius 2 is 1.62 bits per heavy atom. The Morgan fingerprint density at radius 1 is 1.00 bits per heavy atom. The first-order valence-corrected chi connectivity index (χ1v) is 16.5. The first-order chi connectivity index (χ1) is 22.2. The second-order valence-corrected chi connectivity index (χ2v) is 12.7. The number of nitro benzene ring substituents is 1. The molecule has 2 aromatic carbocycles. The van der Waals surface area contributed by atoms with E-state index in [9.17, 15) is 43.4 Å². The van der Waals surface area contributed by atoms with Crippen LogP contribution in [0.25, 0.3) is 0 Å². The predicted molar refractivity (Wildman–Crippen MR) is 171 cm³/mol. The van der Waals surface area contributed by atoms with Gasteiger partial charge in [-0.25, -0.2) is 0 Å². The summed E-state index contributed by atoms with van der Waals surface area (Å²) in [6.45, 7) is -0.353. The highest BCUT2D eigenvalue weighted by atomic mass is 32.2. The van der Waals surface area contributed by atoms with Crippen LogP contribution in [0.2, 0.25) is 0 Å². The smallest absolute Gasteiger partial charge is 0.269 e. The summed E-state index contributed by atoms with van der Waals surface area (Å²) in [5.41, 5.74) is 12.5. The number of nitrogens with two attached hydrogens (primary N) is 2. The number of phenols is 1. The molecule has 0 aliphatic carbocycles. The Kier molecular flexibility index (Phi) is 13.3. The molecule has 0 saturated carbocycles. The van der Waals surface area contributed by atoms with Gasteiger partial charge in [0.1, 0.15) is 23.9 Å². The van der Waals surface area contributed by atoms with Gasteiger partial charge in [-0.15, -0.1) is 0 Å². The lowest BCUT2D eigenvalue weighted by atomic mass is 10.0. The van der Waals surface area contributed by atoms with Crippen LogP contribution in [0.3, 0.4) is 0 Å². The summed E-state index contributed by atoms with van der Waals surface area (Å²) >= 11 is 0. The Balaban J connectivity index is 1.68. The van der Waals surface area contributed by atoms with Crippen LogP contribution in [0.5, 0.6) is 5.75 Å². The van der Waals surface area contributed by atoms with E-state index in [-0.39, 0.29) is 43.0 Å². The number of aromatic hydroxyl groups is 1. The molecular weight excluding hydrogens is 634 g/mol. The van der Waals surface area contributed by atoms with Crippen molar-refractivity contribution in [1.29, 1.82) is 0 Å². The molecule has 0 spiro atoms. The number of likely N-dealkylation sites (tertiary alicyclic amines) is 1. The van der Waals surface area contributed by atoms with Crippen molar-refractivity contribution in [3.63, 3.8) is 0 Å². The Labute approximate surface area is 273 Å². The lowest BCUT2D eigenvalue weighted by Crippen LogP contribution is -2.56. The molecule has 47 heavy (non-hydrogen) atoms. The lowest BCUT2D eigenvalue weighted by molar-refractivity contribution is -0.384. The van der Waals surface area contributed by atoms with Gasteiger partial charge < -0.3 is 37.4 Å². The Hall–Kier alpha value is -4.90. The van der Waals surface area contributed by atoms with Crippen molar-refractivity contribution in [2.75, 3.05) is 25.1 Å². The molecule has 0 radical (unpaired) electrons. The molecular formula is C30H39N7O9S. The number of rotatable bonds is 16. The third kappa shape index (κ3) is 11.1. The van der Waals surface area contributed by atoms with Gasteiger partial charge >= 0.3 is 0 Å². The van der Waals surface area contributed by atoms with Crippen LogP contribution in [0, 0.1) is 10.1 Å². The maximum Gasteiger partial charge on any atom is 0.269 e. The molecule has 0 aromatic heterocycles. The highest BCUT2D eigenvalue weighted by Gasteiger charge is 2.37. The van der Waals surface area contributed by atoms with E-state index in [1.54, 1.807) is 12.1 Å². The number of nitrogens with one attached hydrogen (secondary N) is 3. The van der Waals surface area contributed by atoms with Crippen LogP contribution in [0.4, 0.5) is 5.69 Å². The van der Waals surface area contributed by atoms with Gasteiger partial charge in [0.2, 0.25) is 29.5 Å². The minimum absolute atomic E-state index is 0.0149. The van der Waals surface area contributed by atoms with Crippen molar-refractivity contribution in [1.82, 2.24) is 20.9 Å². The number of nitrogens with zero attached hydrogens (tertiary/aromatic N) is 2. The van der Waals surface area contributed by atoms with Crippen molar-refractivity contribution in [2.24, 2.45) is 11.5 Å². The summed E-state index contributed by atoms with van der Waals surface area (Å²) in [4.78, 5) is 76.1. The topological polar surface area (TPSA) is 257 Å². The maximum absolute atomic E-state index is 13.5. The second kappa shape index (κ2) is 17.1. The molecule has 1 fully saturated rings. The maximum atomic E-state index is 13.5. The van der Waals surface area contributed by atoms with Gasteiger partial charge in [-0.05, 0) is 48.9 Å². The Morgan fingerprint density at radius 3 is 2.21 bits per heavy atom. The highest BCUT2D eigenvalue weighted by Crippen LogP contribution is 2.20. The van der Waals surface area contributed by atoms with Gasteiger partial charge in [0, 0.05) is 47.9 Å². The molecule has 5 amide bonds. The van der Waals surface area contributed by atoms with Crippen LogP contribution in [0.1, 0.15) is 30.4 Å². The van der Waals surface area contributed by atoms with E-state index in [1.165, 1.54) is 47.6 Å². The fourth-order valence-electron chi connectivity index (χ4n) is 5.06. The third-order valence-electron chi connectivity index (χ3n) is 7.56. The number of hydrogen-bond donors (Lipinski definition) is 6. The van der Waals surface area contributed by atoms with Crippen LogP contribution >= 0.6 is 0 Å². The molecule has 8 N–H and O–H groups in total. The Bertz CT molecular complexity index is 1490. The number of non-ortho nitro benzene ring substituents is 1. The number of phenolic OH excluding ortho intramolecular Hbond substituents is 1. The van der Waals surface area contributed by atoms with Gasteiger partial charge in [-0.3, -0.25) is 38.3 Å². The third-order valence-corrected chi connectivity index (χ3v) is 8.37. The molecule has 5 unspecified atom stereocenters. The van der Waals surface area contributed by atoms with Crippen molar-refractivity contribution in [2.45, 2.75) is 56.3 Å². The zero-order chi connectivity index (χ0) is 34.7. The number of primary amides is 1. The van der Waals surface area contributed by atoms with Crippen LogP contribution in [-0.2, 0) is 47.6 Å². The molecule has 3 rings (SSSR count). The van der Waals surface area contributed by atoms with E-state index < -0.39 is 76.0 Å². The van der Waals surface area contributed by atoms with E-state index in [0.717, 1.165) is 0 Å². The monoisotopic (exact) mass is 673 g/mol. The molecule has 1 aliphatic rings. The number of carbonyl (C=O) groups excluding carboxylic acids is 5. The van der Waals surface area contributed by atoms with Crippen LogP contribution in [0.15, 0.2) is 48.5 Å². The fraction of sp³-hybridized carbons (Fsp3) is 0.433. The summed E-state index contributed by atoms with van der Waals surface area (Å²) in [5.74, 6) is -3.32. The number of nitro groups is 1. The van der Waals surface area contributed by atoms with Gasteiger partial charge in [0.05, 0.1) is 17.5 Å². The van der Waals surface area contributed by atoms with Gasteiger partial charge in [-0.2, -0.15) is 0 Å². The second-order valence-electron chi connectivity index (χ2n) is 11.2. The van der Waals surface area contributed by atoms with E-state index >= 15 is 0 Å². The molecule has 5 atom stereocenters. The molecule has 2 aromatic rings. The highest BCUT2D eigenvalue weighted by molar-refractivity contribution is 7.84. The van der Waals surface area contributed by atoms with Crippen LogP contribution in [-0.4, -0.2) is 97.9 Å².